The van der Waals surface area contributed by atoms with Crippen molar-refractivity contribution in [3.05, 3.63) is 23.7 Å². The summed E-state index contributed by atoms with van der Waals surface area (Å²) in [5, 5.41) is 17.4. The first-order chi connectivity index (χ1) is 7.13. The molecule has 84 valence electrons. The molecule has 2 N–H and O–H groups in total. The SMILES string of the molecule is CC(CO)CSCc1cc(C(=O)O)co1. The van der Waals surface area contributed by atoms with Gasteiger partial charge in [0.15, 0.2) is 0 Å². The third-order valence-electron chi connectivity index (χ3n) is 1.86. The third kappa shape index (κ3) is 3.97. The van der Waals surface area contributed by atoms with E-state index in [1.165, 1.54) is 12.3 Å². The lowest BCUT2D eigenvalue weighted by Gasteiger charge is -2.05. The van der Waals surface area contributed by atoms with Crippen molar-refractivity contribution in [1.29, 1.82) is 0 Å². The number of thioether (sulfide) groups is 1. The number of aromatic carboxylic acids is 1. The first-order valence-electron chi connectivity index (χ1n) is 4.62. The van der Waals surface area contributed by atoms with Crippen LogP contribution in [0.5, 0.6) is 0 Å². The highest BCUT2D eigenvalue weighted by Gasteiger charge is 2.08. The van der Waals surface area contributed by atoms with Crippen LogP contribution >= 0.6 is 11.8 Å². The quantitative estimate of drug-likeness (QED) is 0.780. The zero-order valence-electron chi connectivity index (χ0n) is 8.47. The highest BCUT2D eigenvalue weighted by molar-refractivity contribution is 7.98. The molecule has 4 nitrogen and oxygen atoms in total. The van der Waals surface area contributed by atoms with E-state index in [0.29, 0.717) is 11.5 Å². The molecule has 1 heterocycles. The lowest BCUT2D eigenvalue weighted by atomic mass is 10.2. The van der Waals surface area contributed by atoms with Crippen LogP contribution in [0.15, 0.2) is 16.7 Å². The van der Waals surface area contributed by atoms with Gasteiger partial charge in [0.25, 0.3) is 0 Å². The second-order valence-electron chi connectivity index (χ2n) is 3.41. The summed E-state index contributed by atoms with van der Waals surface area (Å²) in [4.78, 5) is 10.5. The normalized spacial score (nSPS) is 12.7. The molecule has 1 rings (SSSR count). The van der Waals surface area contributed by atoms with Gasteiger partial charge < -0.3 is 14.6 Å². The summed E-state index contributed by atoms with van der Waals surface area (Å²) in [6.45, 7) is 2.13. The summed E-state index contributed by atoms with van der Waals surface area (Å²) in [5.41, 5.74) is 0.181. The van der Waals surface area contributed by atoms with Crippen molar-refractivity contribution in [1.82, 2.24) is 0 Å². The number of hydrogen-bond donors (Lipinski definition) is 2. The van der Waals surface area contributed by atoms with Crippen molar-refractivity contribution in [2.45, 2.75) is 12.7 Å². The number of carboxylic acid groups (broad SMARTS) is 1. The van der Waals surface area contributed by atoms with Gasteiger partial charge in [0, 0.05) is 6.61 Å². The predicted molar refractivity (Wildman–Crippen MR) is 58.1 cm³/mol. The molecule has 0 spiro atoms. The number of rotatable bonds is 6. The Balaban J connectivity index is 2.35. The molecule has 0 aliphatic heterocycles. The van der Waals surface area contributed by atoms with Gasteiger partial charge in [-0.1, -0.05) is 6.92 Å². The fourth-order valence-corrected chi connectivity index (χ4v) is 1.96. The average molecular weight is 230 g/mol. The molecular weight excluding hydrogens is 216 g/mol. The van der Waals surface area contributed by atoms with Crippen LogP contribution in [0.1, 0.15) is 23.0 Å². The molecule has 1 aromatic rings. The summed E-state index contributed by atoms with van der Waals surface area (Å²) in [7, 11) is 0. The Labute approximate surface area is 92.3 Å². The van der Waals surface area contributed by atoms with E-state index in [-0.39, 0.29) is 18.1 Å². The van der Waals surface area contributed by atoms with E-state index in [2.05, 4.69) is 0 Å². The van der Waals surface area contributed by atoms with Crippen LogP contribution in [0.3, 0.4) is 0 Å². The Morgan fingerprint density at radius 3 is 2.93 bits per heavy atom. The average Bonchev–Trinajstić information content (AvgIpc) is 2.66. The molecule has 0 radical (unpaired) electrons. The first-order valence-corrected chi connectivity index (χ1v) is 5.78. The van der Waals surface area contributed by atoms with E-state index in [4.69, 9.17) is 14.6 Å². The maximum Gasteiger partial charge on any atom is 0.338 e. The van der Waals surface area contributed by atoms with E-state index in [0.717, 1.165) is 5.75 Å². The molecule has 0 aliphatic carbocycles. The molecule has 0 amide bonds. The molecule has 15 heavy (non-hydrogen) atoms. The standard InChI is InChI=1S/C10H14O4S/c1-7(3-11)5-15-6-9-2-8(4-14-9)10(12)13/h2,4,7,11H,3,5-6H2,1H3,(H,12,13). The van der Waals surface area contributed by atoms with Crippen LogP contribution in [0.25, 0.3) is 0 Å². The van der Waals surface area contributed by atoms with Crippen LogP contribution in [0.2, 0.25) is 0 Å². The Kier molecular flexibility index (Phi) is 4.71. The Hall–Kier alpha value is -0.940. The topological polar surface area (TPSA) is 70.7 Å². The minimum absolute atomic E-state index is 0.172. The molecule has 0 fully saturated rings. The maximum absolute atomic E-state index is 10.5. The number of carbonyl (C=O) groups is 1. The van der Waals surface area contributed by atoms with E-state index < -0.39 is 5.97 Å². The molecule has 1 atom stereocenters. The van der Waals surface area contributed by atoms with Crippen LogP contribution < -0.4 is 0 Å². The largest absolute Gasteiger partial charge is 0.478 e. The van der Waals surface area contributed by atoms with Gasteiger partial charge in [-0.3, -0.25) is 0 Å². The van der Waals surface area contributed by atoms with Crippen molar-refractivity contribution >= 4 is 17.7 Å². The summed E-state index contributed by atoms with van der Waals surface area (Å²) in [6.07, 6.45) is 1.24. The minimum Gasteiger partial charge on any atom is -0.478 e. The van der Waals surface area contributed by atoms with Gasteiger partial charge in [0.2, 0.25) is 0 Å². The van der Waals surface area contributed by atoms with Gasteiger partial charge in [-0.25, -0.2) is 4.79 Å². The monoisotopic (exact) mass is 230 g/mol. The van der Waals surface area contributed by atoms with Crippen molar-refractivity contribution < 1.29 is 19.4 Å². The summed E-state index contributed by atoms with van der Waals surface area (Å²) >= 11 is 1.62. The number of carboxylic acids is 1. The molecule has 0 saturated carbocycles. The molecular formula is C10H14O4S. The van der Waals surface area contributed by atoms with E-state index in [1.54, 1.807) is 11.8 Å². The van der Waals surface area contributed by atoms with Gasteiger partial charge in [0.05, 0.1) is 11.3 Å². The van der Waals surface area contributed by atoms with Gasteiger partial charge in [0.1, 0.15) is 12.0 Å². The maximum atomic E-state index is 10.5. The highest BCUT2D eigenvalue weighted by Crippen LogP contribution is 2.17. The third-order valence-corrected chi connectivity index (χ3v) is 3.15. The Morgan fingerprint density at radius 2 is 2.40 bits per heavy atom. The van der Waals surface area contributed by atoms with Crippen LogP contribution in [0, 0.1) is 5.92 Å². The molecule has 0 aromatic carbocycles. The zero-order chi connectivity index (χ0) is 11.3. The molecule has 5 heteroatoms. The Morgan fingerprint density at radius 1 is 1.67 bits per heavy atom. The zero-order valence-corrected chi connectivity index (χ0v) is 9.29. The van der Waals surface area contributed by atoms with Crippen LogP contribution in [-0.4, -0.2) is 28.5 Å². The van der Waals surface area contributed by atoms with Gasteiger partial charge >= 0.3 is 5.97 Å². The van der Waals surface area contributed by atoms with Gasteiger partial charge in [-0.2, -0.15) is 11.8 Å². The molecule has 1 aromatic heterocycles. The smallest absolute Gasteiger partial charge is 0.338 e. The van der Waals surface area contributed by atoms with Crippen molar-refractivity contribution in [3.8, 4) is 0 Å². The number of furan rings is 1. The van der Waals surface area contributed by atoms with Crippen LogP contribution in [-0.2, 0) is 5.75 Å². The minimum atomic E-state index is -0.973. The van der Waals surface area contributed by atoms with Crippen molar-refractivity contribution in [2.24, 2.45) is 5.92 Å². The fourth-order valence-electron chi connectivity index (χ4n) is 0.982. The fraction of sp³-hybridized carbons (Fsp3) is 0.500. The summed E-state index contributed by atoms with van der Waals surface area (Å²) in [5.74, 6) is 1.40. The lowest BCUT2D eigenvalue weighted by Crippen LogP contribution is -2.03. The second-order valence-corrected chi connectivity index (χ2v) is 4.44. The highest BCUT2D eigenvalue weighted by atomic mass is 32.2. The van der Waals surface area contributed by atoms with E-state index >= 15 is 0 Å². The van der Waals surface area contributed by atoms with E-state index in [9.17, 15) is 4.79 Å². The molecule has 0 aliphatic rings. The molecule has 1 unspecified atom stereocenters. The molecule has 0 bridgehead atoms. The summed E-state index contributed by atoms with van der Waals surface area (Å²) in [6, 6.07) is 1.53. The van der Waals surface area contributed by atoms with Gasteiger partial charge in [-0.05, 0) is 17.7 Å². The van der Waals surface area contributed by atoms with Gasteiger partial charge in [-0.15, -0.1) is 0 Å². The lowest BCUT2D eigenvalue weighted by molar-refractivity contribution is 0.0696. The number of hydrogen-bond acceptors (Lipinski definition) is 4. The molecule has 0 saturated heterocycles. The van der Waals surface area contributed by atoms with Crippen molar-refractivity contribution in [2.75, 3.05) is 12.4 Å². The predicted octanol–water partition coefficient (Wildman–Crippen LogP) is 1.84. The number of aliphatic hydroxyl groups excluding tert-OH is 1. The first kappa shape index (κ1) is 12.1. The van der Waals surface area contributed by atoms with Crippen molar-refractivity contribution in [3.63, 3.8) is 0 Å². The summed E-state index contributed by atoms with van der Waals surface area (Å²) < 4.78 is 5.08. The Bertz CT molecular complexity index is 321. The van der Waals surface area contributed by atoms with Crippen LogP contribution in [0.4, 0.5) is 0 Å². The second kappa shape index (κ2) is 5.82. The van der Waals surface area contributed by atoms with E-state index in [1.807, 2.05) is 6.92 Å². The number of aliphatic hydroxyl groups is 1.